The standard InChI is InChI=1S/C8H8ClN3O3/c9-8-1-6(11-5-3-15-4-5)7(2-10-8)12(13)14/h1-2,5H,3-4H2,(H,10,11). The molecule has 0 atom stereocenters. The molecule has 1 N–H and O–H groups in total. The van der Waals surface area contributed by atoms with Crippen LogP contribution >= 0.6 is 11.6 Å². The lowest BCUT2D eigenvalue weighted by Gasteiger charge is -2.27. The van der Waals surface area contributed by atoms with Gasteiger partial charge in [0.25, 0.3) is 0 Å². The topological polar surface area (TPSA) is 77.3 Å². The quantitative estimate of drug-likeness (QED) is 0.482. The SMILES string of the molecule is O=[N+]([O-])c1cnc(Cl)cc1NC1COC1. The number of rotatable bonds is 3. The highest BCUT2D eigenvalue weighted by Gasteiger charge is 2.22. The van der Waals surface area contributed by atoms with E-state index in [1.807, 2.05) is 0 Å². The smallest absolute Gasteiger partial charge is 0.310 e. The third-order valence-corrected chi connectivity index (χ3v) is 2.25. The van der Waals surface area contributed by atoms with Gasteiger partial charge in [-0.05, 0) is 0 Å². The predicted octanol–water partition coefficient (Wildman–Crippen LogP) is 1.45. The molecule has 80 valence electrons. The Hall–Kier alpha value is -1.40. The van der Waals surface area contributed by atoms with Crippen LogP contribution in [0.5, 0.6) is 0 Å². The van der Waals surface area contributed by atoms with Crippen LogP contribution < -0.4 is 5.32 Å². The van der Waals surface area contributed by atoms with Crippen LogP contribution in [0.3, 0.4) is 0 Å². The Morgan fingerprint density at radius 2 is 2.40 bits per heavy atom. The van der Waals surface area contributed by atoms with Crippen molar-refractivity contribution in [2.24, 2.45) is 0 Å². The van der Waals surface area contributed by atoms with Crippen LogP contribution in [-0.4, -0.2) is 29.2 Å². The number of ether oxygens (including phenoxy) is 1. The van der Waals surface area contributed by atoms with Crippen LogP contribution in [0.2, 0.25) is 5.15 Å². The predicted molar refractivity (Wildman–Crippen MR) is 54.1 cm³/mol. The second-order valence-electron chi connectivity index (χ2n) is 3.16. The number of halogens is 1. The number of hydrogen-bond donors (Lipinski definition) is 1. The summed E-state index contributed by atoms with van der Waals surface area (Å²) in [4.78, 5) is 13.8. The van der Waals surface area contributed by atoms with Crippen LogP contribution in [0, 0.1) is 10.1 Å². The average molecular weight is 230 g/mol. The number of nitrogens with zero attached hydrogens (tertiary/aromatic N) is 2. The highest BCUT2D eigenvalue weighted by atomic mass is 35.5. The third kappa shape index (κ3) is 2.16. The van der Waals surface area contributed by atoms with Crippen molar-refractivity contribution in [2.45, 2.75) is 6.04 Å². The largest absolute Gasteiger partial charge is 0.377 e. The molecule has 0 radical (unpaired) electrons. The molecule has 0 unspecified atom stereocenters. The van der Waals surface area contributed by atoms with Gasteiger partial charge in [-0.15, -0.1) is 0 Å². The maximum absolute atomic E-state index is 10.7. The van der Waals surface area contributed by atoms with Crippen LogP contribution in [-0.2, 0) is 4.74 Å². The zero-order valence-corrected chi connectivity index (χ0v) is 8.40. The molecule has 0 amide bonds. The first-order valence-electron chi connectivity index (χ1n) is 4.31. The van der Waals surface area contributed by atoms with Gasteiger partial charge in [-0.25, -0.2) is 4.98 Å². The average Bonchev–Trinajstić information content (AvgIpc) is 2.11. The van der Waals surface area contributed by atoms with E-state index in [1.165, 1.54) is 6.07 Å². The van der Waals surface area contributed by atoms with E-state index in [4.69, 9.17) is 16.3 Å². The molecule has 0 spiro atoms. The highest BCUT2D eigenvalue weighted by molar-refractivity contribution is 6.29. The van der Waals surface area contributed by atoms with Gasteiger partial charge in [0.15, 0.2) is 0 Å². The molecular weight excluding hydrogens is 222 g/mol. The normalized spacial score (nSPS) is 15.8. The van der Waals surface area contributed by atoms with Crippen LogP contribution in [0.25, 0.3) is 0 Å². The lowest BCUT2D eigenvalue weighted by Crippen LogP contribution is -2.40. The fraction of sp³-hybridized carbons (Fsp3) is 0.375. The van der Waals surface area contributed by atoms with Crippen molar-refractivity contribution in [1.29, 1.82) is 0 Å². The van der Waals surface area contributed by atoms with Crippen molar-refractivity contribution >= 4 is 23.0 Å². The van der Waals surface area contributed by atoms with Crippen molar-refractivity contribution in [3.63, 3.8) is 0 Å². The van der Waals surface area contributed by atoms with Gasteiger partial charge in [-0.2, -0.15) is 0 Å². The maximum atomic E-state index is 10.7. The van der Waals surface area contributed by atoms with E-state index >= 15 is 0 Å². The summed E-state index contributed by atoms with van der Waals surface area (Å²) in [5.74, 6) is 0. The summed E-state index contributed by atoms with van der Waals surface area (Å²) in [6.45, 7) is 1.11. The van der Waals surface area contributed by atoms with Crippen molar-refractivity contribution in [2.75, 3.05) is 18.5 Å². The monoisotopic (exact) mass is 229 g/mol. The summed E-state index contributed by atoms with van der Waals surface area (Å²) < 4.78 is 4.96. The van der Waals surface area contributed by atoms with Gasteiger partial charge < -0.3 is 10.1 Å². The van der Waals surface area contributed by atoms with Gasteiger partial charge in [0.05, 0.1) is 24.2 Å². The lowest BCUT2D eigenvalue weighted by atomic mass is 10.2. The Kier molecular flexibility index (Phi) is 2.70. The first-order chi connectivity index (χ1) is 7.16. The molecule has 6 nitrogen and oxygen atoms in total. The fourth-order valence-corrected chi connectivity index (χ4v) is 1.38. The Labute approximate surface area is 90.4 Å². The minimum Gasteiger partial charge on any atom is -0.377 e. The molecule has 0 aliphatic carbocycles. The Bertz CT molecular complexity index is 395. The Morgan fingerprint density at radius 3 is 2.93 bits per heavy atom. The van der Waals surface area contributed by atoms with E-state index in [1.54, 1.807) is 0 Å². The number of pyridine rings is 1. The van der Waals surface area contributed by atoms with Gasteiger partial charge >= 0.3 is 5.69 Å². The van der Waals surface area contributed by atoms with Gasteiger partial charge in [0.1, 0.15) is 17.0 Å². The van der Waals surface area contributed by atoms with Crippen LogP contribution in [0.4, 0.5) is 11.4 Å². The third-order valence-electron chi connectivity index (χ3n) is 2.04. The first-order valence-corrected chi connectivity index (χ1v) is 4.69. The Balaban J connectivity index is 2.24. The summed E-state index contributed by atoms with van der Waals surface area (Å²) in [5, 5.41) is 13.9. The summed E-state index contributed by atoms with van der Waals surface area (Å²) in [6, 6.07) is 1.56. The number of nitro groups is 1. The zero-order chi connectivity index (χ0) is 10.8. The molecule has 7 heteroatoms. The van der Waals surface area contributed by atoms with Crippen molar-refractivity contribution in [1.82, 2.24) is 4.98 Å². The summed E-state index contributed by atoms with van der Waals surface area (Å²) in [5.41, 5.74) is 0.305. The number of hydrogen-bond acceptors (Lipinski definition) is 5. The van der Waals surface area contributed by atoms with Gasteiger partial charge in [-0.3, -0.25) is 10.1 Å². The molecule has 15 heavy (non-hydrogen) atoms. The molecule has 0 bridgehead atoms. The van der Waals surface area contributed by atoms with Gasteiger partial charge in [-0.1, -0.05) is 11.6 Å². The molecule has 1 aliphatic heterocycles. The molecule has 1 aliphatic rings. The van der Waals surface area contributed by atoms with E-state index in [-0.39, 0.29) is 16.9 Å². The molecule has 2 rings (SSSR count). The molecule has 1 aromatic heterocycles. The number of aromatic nitrogens is 1. The van der Waals surface area contributed by atoms with Crippen molar-refractivity contribution < 1.29 is 9.66 Å². The molecule has 1 aromatic rings. The maximum Gasteiger partial charge on any atom is 0.310 e. The molecular formula is C8H8ClN3O3. The van der Waals surface area contributed by atoms with Crippen LogP contribution in [0.15, 0.2) is 12.3 Å². The van der Waals surface area contributed by atoms with Gasteiger partial charge in [0.2, 0.25) is 0 Å². The zero-order valence-electron chi connectivity index (χ0n) is 7.64. The first kappa shape index (κ1) is 10.1. The molecule has 1 fully saturated rings. The van der Waals surface area contributed by atoms with Crippen LogP contribution in [0.1, 0.15) is 0 Å². The molecule has 0 saturated carbocycles. The van der Waals surface area contributed by atoms with Crippen molar-refractivity contribution in [3.8, 4) is 0 Å². The van der Waals surface area contributed by atoms with Gasteiger partial charge in [0, 0.05) is 6.07 Å². The molecule has 1 saturated heterocycles. The molecule has 2 heterocycles. The van der Waals surface area contributed by atoms with Crippen molar-refractivity contribution in [3.05, 3.63) is 27.5 Å². The number of nitrogens with one attached hydrogen (secondary N) is 1. The van der Waals surface area contributed by atoms with E-state index in [9.17, 15) is 10.1 Å². The minimum atomic E-state index is -0.495. The Morgan fingerprint density at radius 1 is 1.67 bits per heavy atom. The number of anilines is 1. The summed E-state index contributed by atoms with van der Waals surface area (Å²) in [6.07, 6.45) is 1.14. The van der Waals surface area contributed by atoms with E-state index in [0.717, 1.165) is 6.20 Å². The highest BCUT2D eigenvalue weighted by Crippen LogP contribution is 2.27. The lowest BCUT2D eigenvalue weighted by molar-refractivity contribution is -0.384. The minimum absolute atomic E-state index is 0.0775. The molecule has 0 aromatic carbocycles. The second-order valence-corrected chi connectivity index (χ2v) is 3.55. The second kappa shape index (κ2) is 4.00. The van der Waals surface area contributed by atoms with E-state index < -0.39 is 4.92 Å². The summed E-state index contributed by atoms with van der Waals surface area (Å²) >= 11 is 5.66. The van der Waals surface area contributed by atoms with E-state index in [2.05, 4.69) is 10.3 Å². The summed E-state index contributed by atoms with van der Waals surface area (Å²) in [7, 11) is 0. The fourth-order valence-electron chi connectivity index (χ4n) is 1.22. The van der Waals surface area contributed by atoms with E-state index in [0.29, 0.717) is 18.9 Å².